The van der Waals surface area contributed by atoms with Crippen molar-refractivity contribution in [3.8, 4) is 0 Å². The van der Waals surface area contributed by atoms with Crippen LogP contribution in [0.5, 0.6) is 0 Å². The minimum Gasteiger partial charge on any atom is -0.387 e. The number of anilines is 1. The molecular weight excluding hydrogens is 216 g/mol. The summed E-state index contributed by atoms with van der Waals surface area (Å²) < 4.78 is 26.7. The van der Waals surface area contributed by atoms with Crippen LogP contribution < -0.4 is 5.32 Å². The number of rotatable bonds is 3. The van der Waals surface area contributed by atoms with E-state index in [0.717, 1.165) is 6.92 Å². The zero-order valence-electron chi connectivity index (χ0n) is 9.00. The molecule has 1 rings (SSSR count). The van der Waals surface area contributed by atoms with E-state index in [4.69, 9.17) is 5.11 Å². The van der Waals surface area contributed by atoms with E-state index >= 15 is 0 Å². The lowest BCUT2D eigenvalue weighted by Crippen LogP contribution is -2.27. The molecule has 0 saturated carbocycles. The molecule has 0 aromatic heterocycles. The number of aliphatic hydroxyl groups excluding tert-OH is 1. The lowest BCUT2D eigenvalue weighted by Gasteiger charge is -2.19. The molecule has 1 atom stereocenters. The normalized spacial score (nSPS) is 13.3. The number of amides is 1. The SMILES string of the molecule is CC(=O)Nc1ccc(C(F)(F)C(C)O)cc1. The fraction of sp³-hybridized carbons (Fsp3) is 0.364. The highest BCUT2D eigenvalue weighted by Gasteiger charge is 2.37. The molecule has 0 aliphatic heterocycles. The van der Waals surface area contributed by atoms with Crippen molar-refractivity contribution >= 4 is 11.6 Å². The summed E-state index contributed by atoms with van der Waals surface area (Å²) in [5.74, 6) is -3.55. The van der Waals surface area contributed by atoms with E-state index in [1.807, 2.05) is 0 Å². The maximum Gasteiger partial charge on any atom is 0.298 e. The molecule has 16 heavy (non-hydrogen) atoms. The van der Waals surface area contributed by atoms with Gasteiger partial charge in [-0.3, -0.25) is 4.79 Å². The highest BCUT2D eigenvalue weighted by Crippen LogP contribution is 2.32. The van der Waals surface area contributed by atoms with Crippen molar-refractivity contribution in [3.05, 3.63) is 29.8 Å². The topological polar surface area (TPSA) is 49.3 Å². The third kappa shape index (κ3) is 2.76. The summed E-state index contributed by atoms with van der Waals surface area (Å²) in [6, 6.07) is 5.09. The van der Waals surface area contributed by atoms with Gasteiger partial charge in [-0.15, -0.1) is 0 Å². The average molecular weight is 229 g/mol. The first kappa shape index (κ1) is 12.6. The molecule has 1 aromatic rings. The molecule has 0 bridgehead atoms. The first-order valence-corrected chi connectivity index (χ1v) is 4.78. The maximum atomic E-state index is 13.3. The number of carbonyl (C=O) groups excluding carboxylic acids is 1. The molecule has 2 N–H and O–H groups in total. The van der Waals surface area contributed by atoms with E-state index in [2.05, 4.69) is 5.32 Å². The van der Waals surface area contributed by atoms with Crippen LogP contribution in [0.2, 0.25) is 0 Å². The maximum absolute atomic E-state index is 13.3. The van der Waals surface area contributed by atoms with Gasteiger partial charge < -0.3 is 10.4 Å². The fourth-order valence-electron chi connectivity index (χ4n) is 1.22. The van der Waals surface area contributed by atoms with Gasteiger partial charge in [0.15, 0.2) is 0 Å². The molecule has 0 fully saturated rings. The summed E-state index contributed by atoms with van der Waals surface area (Å²) in [5, 5.41) is 11.4. The zero-order chi connectivity index (χ0) is 12.3. The summed E-state index contributed by atoms with van der Waals surface area (Å²) in [7, 11) is 0. The smallest absolute Gasteiger partial charge is 0.298 e. The van der Waals surface area contributed by atoms with Crippen molar-refractivity contribution in [1.82, 2.24) is 0 Å². The van der Waals surface area contributed by atoms with Crippen molar-refractivity contribution in [1.29, 1.82) is 0 Å². The molecule has 0 radical (unpaired) electrons. The number of nitrogens with one attached hydrogen (secondary N) is 1. The largest absolute Gasteiger partial charge is 0.387 e. The van der Waals surface area contributed by atoms with Gasteiger partial charge in [-0.1, -0.05) is 12.1 Å². The first-order chi connectivity index (χ1) is 7.34. The Bertz CT molecular complexity index is 374. The summed E-state index contributed by atoms with van der Waals surface area (Å²) in [4.78, 5) is 10.7. The molecule has 0 aliphatic rings. The molecule has 0 saturated heterocycles. The number of halogens is 2. The van der Waals surface area contributed by atoms with E-state index in [1.54, 1.807) is 0 Å². The van der Waals surface area contributed by atoms with Crippen LogP contribution in [-0.4, -0.2) is 17.1 Å². The molecule has 88 valence electrons. The Hall–Kier alpha value is -1.49. The highest BCUT2D eigenvalue weighted by molar-refractivity contribution is 5.88. The van der Waals surface area contributed by atoms with Gasteiger partial charge in [0.2, 0.25) is 5.91 Å². The summed E-state index contributed by atoms with van der Waals surface area (Å²) in [6.07, 6.45) is -1.75. The lowest BCUT2D eigenvalue weighted by atomic mass is 10.0. The Morgan fingerprint density at radius 3 is 2.25 bits per heavy atom. The lowest BCUT2D eigenvalue weighted by molar-refractivity contribution is -0.114. The van der Waals surface area contributed by atoms with Crippen LogP contribution in [0.25, 0.3) is 0 Å². The molecule has 0 aliphatic carbocycles. The van der Waals surface area contributed by atoms with Gasteiger partial charge >= 0.3 is 0 Å². The van der Waals surface area contributed by atoms with Crippen molar-refractivity contribution in [2.24, 2.45) is 0 Å². The average Bonchev–Trinajstić information content (AvgIpc) is 2.17. The second-order valence-corrected chi connectivity index (χ2v) is 3.56. The molecule has 1 amide bonds. The van der Waals surface area contributed by atoms with Crippen LogP contribution in [0.1, 0.15) is 19.4 Å². The number of carbonyl (C=O) groups is 1. The molecule has 1 aromatic carbocycles. The number of alkyl halides is 2. The van der Waals surface area contributed by atoms with Crippen molar-refractivity contribution in [2.75, 3.05) is 5.32 Å². The summed E-state index contributed by atoms with van der Waals surface area (Å²) >= 11 is 0. The highest BCUT2D eigenvalue weighted by atomic mass is 19.3. The number of hydrogen-bond acceptors (Lipinski definition) is 2. The van der Waals surface area contributed by atoms with Gasteiger partial charge in [-0.25, -0.2) is 0 Å². The van der Waals surface area contributed by atoms with Crippen molar-refractivity contribution < 1.29 is 18.7 Å². The molecule has 0 heterocycles. The first-order valence-electron chi connectivity index (χ1n) is 4.78. The van der Waals surface area contributed by atoms with Crippen LogP contribution in [0.3, 0.4) is 0 Å². The molecule has 3 nitrogen and oxygen atoms in total. The van der Waals surface area contributed by atoms with Crippen LogP contribution in [0.15, 0.2) is 24.3 Å². The van der Waals surface area contributed by atoms with Gasteiger partial charge in [0.05, 0.1) is 0 Å². The molecular formula is C11H13F2NO2. The predicted molar refractivity (Wildman–Crippen MR) is 56.3 cm³/mol. The second-order valence-electron chi connectivity index (χ2n) is 3.56. The standard InChI is InChI=1S/C11H13F2NO2/c1-7(15)11(12,13)9-3-5-10(6-4-9)14-8(2)16/h3-7,15H,1-2H3,(H,14,16). The Morgan fingerprint density at radius 1 is 1.38 bits per heavy atom. The minimum absolute atomic E-state index is 0.268. The number of aliphatic hydroxyl groups is 1. The minimum atomic E-state index is -3.28. The molecule has 1 unspecified atom stereocenters. The Morgan fingerprint density at radius 2 is 1.88 bits per heavy atom. The van der Waals surface area contributed by atoms with E-state index in [1.165, 1.54) is 31.2 Å². The fourth-order valence-corrected chi connectivity index (χ4v) is 1.22. The summed E-state index contributed by atoms with van der Waals surface area (Å²) in [6.45, 7) is 2.36. The number of hydrogen-bond donors (Lipinski definition) is 2. The summed E-state index contributed by atoms with van der Waals surface area (Å²) in [5.41, 5.74) is 0.161. The second kappa shape index (κ2) is 4.57. The van der Waals surface area contributed by atoms with E-state index < -0.39 is 12.0 Å². The van der Waals surface area contributed by atoms with Crippen molar-refractivity contribution in [2.45, 2.75) is 25.9 Å². The Labute approximate surface area is 92.1 Å². The third-order valence-corrected chi connectivity index (χ3v) is 2.11. The molecule has 0 spiro atoms. The number of benzene rings is 1. The van der Waals surface area contributed by atoms with Gasteiger partial charge in [0.25, 0.3) is 5.92 Å². The Balaban J connectivity index is 2.90. The van der Waals surface area contributed by atoms with Crippen LogP contribution in [-0.2, 0) is 10.7 Å². The predicted octanol–water partition coefficient (Wildman–Crippen LogP) is 2.12. The quantitative estimate of drug-likeness (QED) is 0.834. The monoisotopic (exact) mass is 229 g/mol. The van der Waals surface area contributed by atoms with E-state index in [9.17, 15) is 13.6 Å². The van der Waals surface area contributed by atoms with Gasteiger partial charge in [-0.2, -0.15) is 8.78 Å². The zero-order valence-corrected chi connectivity index (χ0v) is 9.00. The third-order valence-electron chi connectivity index (χ3n) is 2.11. The van der Waals surface area contributed by atoms with E-state index in [0.29, 0.717) is 5.69 Å². The van der Waals surface area contributed by atoms with Gasteiger partial charge in [0, 0.05) is 18.2 Å². The van der Waals surface area contributed by atoms with Gasteiger partial charge in [-0.05, 0) is 19.1 Å². The Kier molecular flexibility index (Phi) is 3.59. The van der Waals surface area contributed by atoms with Gasteiger partial charge in [0.1, 0.15) is 6.10 Å². The van der Waals surface area contributed by atoms with Crippen LogP contribution in [0.4, 0.5) is 14.5 Å². The van der Waals surface area contributed by atoms with Crippen LogP contribution >= 0.6 is 0 Å². The van der Waals surface area contributed by atoms with Crippen LogP contribution in [0, 0.1) is 0 Å². The van der Waals surface area contributed by atoms with Crippen molar-refractivity contribution in [3.63, 3.8) is 0 Å². The molecule has 5 heteroatoms. The van der Waals surface area contributed by atoms with E-state index in [-0.39, 0.29) is 11.5 Å².